The molecule has 2 aromatic rings. The maximum atomic E-state index is 5.91. The number of hydrogen-bond donors (Lipinski definition) is 0. The van der Waals surface area contributed by atoms with Gasteiger partial charge in [0.2, 0.25) is 0 Å². The lowest BCUT2D eigenvalue weighted by molar-refractivity contribution is 0.169. The Morgan fingerprint density at radius 2 is 2.00 bits per heavy atom. The number of piperidine rings is 1. The number of hydrogen-bond acceptors (Lipinski definition) is 4. The van der Waals surface area contributed by atoms with E-state index in [1.165, 1.54) is 24.9 Å². The Bertz CT molecular complexity index is 676. The molecule has 5 nitrogen and oxygen atoms in total. The molecule has 1 aromatic heterocycles. The van der Waals surface area contributed by atoms with Crippen LogP contribution in [0.1, 0.15) is 36.6 Å². The van der Waals surface area contributed by atoms with Crippen LogP contribution in [-0.4, -0.2) is 45.9 Å². The first kappa shape index (κ1) is 15.6. The van der Waals surface area contributed by atoms with Crippen LogP contribution < -0.4 is 4.74 Å². The Hall–Kier alpha value is -1.88. The number of rotatable bonds is 3. The number of benzene rings is 1. The van der Waals surface area contributed by atoms with E-state index in [-0.39, 0.29) is 0 Å². The number of nitrogens with zero attached hydrogens (tertiary/aromatic N) is 4. The van der Waals surface area contributed by atoms with Gasteiger partial charge < -0.3 is 14.2 Å². The third-order valence-corrected chi connectivity index (χ3v) is 5.48. The number of aryl methyl sites for hydroxylation is 1. The summed E-state index contributed by atoms with van der Waals surface area (Å²) in [7, 11) is 2.05. The van der Waals surface area contributed by atoms with Crippen molar-refractivity contribution in [2.45, 2.75) is 31.6 Å². The molecule has 0 saturated carbocycles. The SMILES string of the molecule is Cn1cnnc1C1CCN(C[C@H]2CCOc3ccccc3C2)CC1. The lowest BCUT2D eigenvalue weighted by atomic mass is 9.92. The molecule has 1 fully saturated rings. The lowest BCUT2D eigenvalue weighted by Crippen LogP contribution is -2.37. The van der Waals surface area contributed by atoms with Gasteiger partial charge in [0.05, 0.1) is 6.61 Å². The molecule has 2 aliphatic heterocycles. The van der Waals surface area contributed by atoms with Gasteiger partial charge in [-0.05, 0) is 56.3 Å². The van der Waals surface area contributed by atoms with Gasteiger partial charge in [-0.25, -0.2) is 0 Å². The fourth-order valence-electron chi connectivity index (χ4n) is 4.12. The van der Waals surface area contributed by atoms with E-state index in [9.17, 15) is 0 Å². The van der Waals surface area contributed by atoms with Crippen molar-refractivity contribution in [3.05, 3.63) is 42.0 Å². The number of likely N-dealkylation sites (tertiary alicyclic amines) is 1. The first-order valence-electron chi connectivity index (χ1n) is 9.06. The molecule has 128 valence electrons. The second kappa shape index (κ2) is 6.93. The lowest BCUT2D eigenvalue weighted by Gasteiger charge is -2.33. The molecule has 1 saturated heterocycles. The Balaban J connectivity index is 1.33. The Kier molecular flexibility index (Phi) is 4.52. The molecule has 0 bridgehead atoms. The van der Waals surface area contributed by atoms with Crippen LogP contribution in [0.3, 0.4) is 0 Å². The fraction of sp³-hybridized carbons (Fsp3) is 0.579. The first-order chi connectivity index (χ1) is 11.8. The number of fused-ring (bicyclic) bond motifs is 1. The van der Waals surface area contributed by atoms with E-state index in [0.717, 1.165) is 44.1 Å². The summed E-state index contributed by atoms with van der Waals surface area (Å²) in [6.07, 6.45) is 6.47. The topological polar surface area (TPSA) is 43.2 Å². The second-order valence-electron chi connectivity index (χ2n) is 7.19. The van der Waals surface area contributed by atoms with Crippen LogP contribution in [0.25, 0.3) is 0 Å². The van der Waals surface area contributed by atoms with E-state index in [1.807, 2.05) is 13.4 Å². The summed E-state index contributed by atoms with van der Waals surface area (Å²) in [4.78, 5) is 2.63. The molecular formula is C19H26N4O. The van der Waals surface area contributed by atoms with Crippen LogP contribution in [0.4, 0.5) is 0 Å². The highest BCUT2D eigenvalue weighted by atomic mass is 16.5. The maximum Gasteiger partial charge on any atom is 0.135 e. The van der Waals surface area contributed by atoms with Crippen LogP contribution in [-0.2, 0) is 13.5 Å². The van der Waals surface area contributed by atoms with Crippen molar-refractivity contribution in [2.75, 3.05) is 26.2 Å². The third kappa shape index (κ3) is 3.31. The van der Waals surface area contributed by atoms with Gasteiger partial charge in [-0.3, -0.25) is 0 Å². The molecule has 1 atom stereocenters. The zero-order valence-electron chi connectivity index (χ0n) is 14.4. The number of para-hydroxylation sites is 1. The van der Waals surface area contributed by atoms with Crippen molar-refractivity contribution in [1.29, 1.82) is 0 Å². The molecule has 24 heavy (non-hydrogen) atoms. The standard InChI is InChI=1S/C19H26N4O/c1-22-14-20-21-19(22)16-6-9-23(10-7-16)13-15-8-11-24-18-5-3-2-4-17(18)12-15/h2-5,14-16H,6-13H2,1H3/t15-/m0/s1. The van der Waals surface area contributed by atoms with Gasteiger partial charge in [-0.15, -0.1) is 10.2 Å². The number of ether oxygens (including phenoxy) is 1. The summed E-state index contributed by atoms with van der Waals surface area (Å²) >= 11 is 0. The third-order valence-electron chi connectivity index (χ3n) is 5.48. The Labute approximate surface area is 143 Å². The Morgan fingerprint density at radius 3 is 2.79 bits per heavy atom. The molecule has 1 aromatic carbocycles. The fourth-order valence-corrected chi connectivity index (χ4v) is 4.12. The van der Waals surface area contributed by atoms with Crippen LogP contribution in [0, 0.1) is 5.92 Å². The predicted octanol–water partition coefficient (Wildman–Crippen LogP) is 2.64. The summed E-state index contributed by atoms with van der Waals surface area (Å²) in [5.74, 6) is 3.49. The minimum atomic E-state index is 0.562. The molecule has 0 aliphatic carbocycles. The van der Waals surface area contributed by atoms with Crippen molar-refractivity contribution in [3.8, 4) is 5.75 Å². The Morgan fingerprint density at radius 1 is 1.17 bits per heavy atom. The normalized spacial score (nSPS) is 22.6. The van der Waals surface area contributed by atoms with Crippen LogP contribution >= 0.6 is 0 Å². The zero-order valence-corrected chi connectivity index (χ0v) is 14.4. The molecule has 0 N–H and O–H groups in total. The van der Waals surface area contributed by atoms with Crippen molar-refractivity contribution in [3.63, 3.8) is 0 Å². The smallest absolute Gasteiger partial charge is 0.135 e. The first-order valence-corrected chi connectivity index (χ1v) is 9.06. The highest BCUT2D eigenvalue weighted by Gasteiger charge is 2.26. The monoisotopic (exact) mass is 326 g/mol. The van der Waals surface area contributed by atoms with Crippen molar-refractivity contribution in [2.24, 2.45) is 13.0 Å². The largest absolute Gasteiger partial charge is 0.493 e. The summed E-state index contributed by atoms with van der Waals surface area (Å²) in [5.41, 5.74) is 1.37. The minimum absolute atomic E-state index is 0.562. The molecule has 3 heterocycles. The molecular weight excluding hydrogens is 300 g/mol. The summed E-state index contributed by atoms with van der Waals surface area (Å²) in [6.45, 7) is 4.35. The van der Waals surface area contributed by atoms with E-state index in [2.05, 4.69) is 43.9 Å². The van der Waals surface area contributed by atoms with Gasteiger partial charge in [-0.2, -0.15) is 0 Å². The molecule has 0 amide bonds. The van der Waals surface area contributed by atoms with E-state index in [4.69, 9.17) is 4.74 Å². The molecule has 0 spiro atoms. The zero-order chi connectivity index (χ0) is 16.4. The highest BCUT2D eigenvalue weighted by Crippen LogP contribution is 2.30. The van der Waals surface area contributed by atoms with Crippen LogP contribution in [0.5, 0.6) is 5.75 Å². The van der Waals surface area contributed by atoms with Gasteiger partial charge in [0, 0.05) is 19.5 Å². The van der Waals surface area contributed by atoms with Crippen LogP contribution in [0.2, 0.25) is 0 Å². The quantitative estimate of drug-likeness (QED) is 0.870. The maximum absolute atomic E-state index is 5.91. The highest BCUT2D eigenvalue weighted by molar-refractivity contribution is 5.34. The summed E-state index contributed by atoms with van der Waals surface area (Å²) in [5, 5.41) is 8.32. The van der Waals surface area contributed by atoms with Gasteiger partial charge in [0.15, 0.2) is 0 Å². The minimum Gasteiger partial charge on any atom is -0.493 e. The van der Waals surface area contributed by atoms with Crippen molar-refractivity contribution in [1.82, 2.24) is 19.7 Å². The van der Waals surface area contributed by atoms with Crippen LogP contribution in [0.15, 0.2) is 30.6 Å². The van der Waals surface area contributed by atoms with E-state index < -0.39 is 0 Å². The average Bonchev–Trinajstić information content (AvgIpc) is 2.92. The predicted molar refractivity (Wildman–Crippen MR) is 93.2 cm³/mol. The molecule has 5 heteroatoms. The summed E-state index contributed by atoms with van der Waals surface area (Å²) in [6, 6.07) is 8.51. The number of aromatic nitrogens is 3. The van der Waals surface area contributed by atoms with Gasteiger partial charge in [-0.1, -0.05) is 18.2 Å². The van der Waals surface area contributed by atoms with Gasteiger partial charge in [0.1, 0.15) is 17.9 Å². The van der Waals surface area contributed by atoms with Crippen molar-refractivity contribution >= 4 is 0 Å². The molecule has 4 rings (SSSR count). The molecule has 2 aliphatic rings. The second-order valence-corrected chi connectivity index (χ2v) is 7.19. The van der Waals surface area contributed by atoms with E-state index >= 15 is 0 Å². The van der Waals surface area contributed by atoms with Gasteiger partial charge in [0.25, 0.3) is 0 Å². The van der Waals surface area contributed by atoms with E-state index in [0.29, 0.717) is 11.8 Å². The summed E-state index contributed by atoms with van der Waals surface area (Å²) < 4.78 is 7.98. The van der Waals surface area contributed by atoms with E-state index in [1.54, 1.807) is 0 Å². The molecule has 0 unspecified atom stereocenters. The molecule has 0 radical (unpaired) electrons. The average molecular weight is 326 g/mol. The van der Waals surface area contributed by atoms with Gasteiger partial charge >= 0.3 is 0 Å². The van der Waals surface area contributed by atoms with Crippen molar-refractivity contribution < 1.29 is 4.74 Å².